The van der Waals surface area contributed by atoms with Crippen molar-refractivity contribution < 1.29 is 13.8 Å². The van der Waals surface area contributed by atoms with Crippen molar-refractivity contribution >= 4 is 49.9 Å². The summed E-state index contributed by atoms with van der Waals surface area (Å²) in [5, 5.41) is 0. The fraction of sp³-hybridized carbons (Fsp3) is 0.250. The maximum atomic E-state index is 12.1. The fourth-order valence-corrected chi connectivity index (χ4v) is 3.98. The summed E-state index contributed by atoms with van der Waals surface area (Å²) in [5.74, 6) is -0.239. The molecular weight excluding hydrogens is 412 g/mol. The summed E-state index contributed by atoms with van der Waals surface area (Å²) in [5.41, 5.74) is 4.75. The van der Waals surface area contributed by atoms with Crippen molar-refractivity contribution in [1.82, 2.24) is 10.9 Å². The summed E-state index contributed by atoms with van der Waals surface area (Å²) in [4.78, 5) is 25.8. The predicted octanol–water partition coefficient (Wildman–Crippen LogP) is 3.17. The number of halogens is 1. The lowest BCUT2D eigenvalue weighted by Gasteiger charge is -2.06. The first-order valence-corrected chi connectivity index (χ1v) is 10.2. The van der Waals surface area contributed by atoms with Gasteiger partial charge in [0.2, 0.25) is 5.91 Å². The Bertz CT molecular complexity index is 744. The second kappa shape index (κ2) is 9.10. The van der Waals surface area contributed by atoms with E-state index in [9.17, 15) is 13.8 Å². The minimum Gasteiger partial charge on any atom is -0.273 e. The number of thiophene rings is 1. The second-order valence-corrected chi connectivity index (χ2v) is 8.79. The molecule has 0 aliphatic heterocycles. The SMILES string of the molecule is Cc1ccc(C(=O)NNC(=O)CCCS(=O)c2ccc(Br)cc2)s1. The molecule has 1 aromatic carbocycles. The van der Waals surface area contributed by atoms with E-state index in [4.69, 9.17) is 0 Å². The fourth-order valence-electron chi connectivity index (χ4n) is 1.88. The first-order chi connectivity index (χ1) is 11.5. The number of carbonyl (C=O) groups excluding carboxylic acids is 2. The Morgan fingerprint density at radius 3 is 2.46 bits per heavy atom. The van der Waals surface area contributed by atoms with E-state index in [1.54, 1.807) is 18.2 Å². The van der Waals surface area contributed by atoms with Crippen LogP contribution in [0, 0.1) is 6.92 Å². The van der Waals surface area contributed by atoms with Crippen molar-refractivity contribution in [3.05, 3.63) is 50.6 Å². The molecule has 0 aliphatic rings. The van der Waals surface area contributed by atoms with Crippen LogP contribution < -0.4 is 10.9 Å². The number of aryl methyl sites for hydroxylation is 1. The third-order valence-corrected chi connectivity index (χ3v) is 6.08. The van der Waals surface area contributed by atoms with Crippen molar-refractivity contribution in [3.63, 3.8) is 0 Å². The molecule has 2 N–H and O–H groups in total. The van der Waals surface area contributed by atoms with Gasteiger partial charge in [-0.05, 0) is 49.7 Å². The minimum absolute atomic E-state index is 0.200. The molecule has 1 heterocycles. The zero-order valence-electron chi connectivity index (χ0n) is 13.0. The van der Waals surface area contributed by atoms with E-state index >= 15 is 0 Å². The Morgan fingerprint density at radius 1 is 1.12 bits per heavy atom. The van der Waals surface area contributed by atoms with Gasteiger partial charge in [-0.15, -0.1) is 11.3 Å². The monoisotopic (exact) mass is 428 g/mol. The molecule has 1 aromatic heterocycles. The quantitative estimate of drug-likeness (QED) is 0.693. The van der Waals surface area contributed by atoms with Crippen LogP contribution in [0.1, 0.15) is 27.4 Å². The smallest absolute Gasteiger partial charge is 0.273 e. The topological polar surface area (TPSA) is 75.3 Å². The normalized spacial score (nSPS) is 11.8. The Hall–Kier alpha value is -1.51. The number of carbonyl (C=O) groups is 2. The summed E-state index contributed by atoms with van der Waals surface area (Å²) >= 11 is 4.69. The molecule has 1 unspecified atom stereocenters. The Labute approximate surface area is 155 Å². The van der Waals surface area contributed by atoms with Gasteiger partial charge in [0.05, 0.1) is 15.7 Å². The lowest BCUT2D eigenvalue weighted by Crippen LogP contribution is -2.41. The molecule has 2 rings (SSSR count). The van der Waals surface area contributed by atoms with Crippen molar-refractivity contribution in [3.8, 4) is 0 Å². The third-order valence-electron chi connectivity index (χ3n) is 3.09. The van der Waals surface area contributed by atoms with Gasteiger partial charge in [0.1, 0.15) is 0 Å². The average molecular weight is 429 g/mol. The van der Waals surface area contributed by atoms with Gasteiger partial charge in [0.25, 0.3) is 5.91 Å². The van der Waals surface area contributed by atoms with E-state index < -0.39 is 10.8 Å². The molecule has 0 radical (unpaired) electrons. The van der Waals surface area contributed by atoms with Gasteiger partial charge in [-0.2, -0.15) is 0 Å². The Morgan fingerprint density at radius 2 is 1.83 bits per heavy atom. The van der Waals surface area contributed by atoms with Gasteiger partial charge >= 0.3 is 0 Å². The van der Waals surface area contributed by atoms with E-state index in [0.29, 0.717) is 17.1 Å². The van der Waals surface area contributed by atoms with Gasteiger partial charge in [-0.25, -0.2) is 0 Å². The largest absolute Gasteiger partial charge is 0.279 e. The van der Waals surface area contributed by atoms with Gasteiger partial charge in [-0.3, -0.25) is 24.6 Å². The standard InChI is InChI=1S/C16H17BrN2O3S2/c1-11-4-9-14(23-11)16(21)19-18-15(20)3-2-10-24(22)13-7-5-12(17)6-8-13/h4-9H,2-3,10H2,1H3,(H,18,20)(H,19,21). The molecular formula is C16H17BrN2O3S2. The van der Waals surface area contributed by atoms with Crippen LogP contribution in [0.2, 0.25) is 0 Å². The highest BCUT2D eigenvalue weighted by atomic mass is 79.9. The molecule has 24 heavy (non-hydrogen) atoms. The van der Waals surface area contributed by atoms with Crippen LogP contribution in [-0.2, 0) is 15.6 Å². The number of hydrazine groups is 1. The lowest BCUT2D eigenvalue weighted by atomic mass is 10.3. The molecule has 0 saturated heterocycles. The van der Waals surface area contributed by atoms with Crippen LogP contribution in [0.25, 0.3) is 0 Å². The molecule has 0 bridgehead atoms. The molecule has 0 spiro atoms. The third kappa shape index (κ3) is 5.85. The lowest BCUT2D eigenvalue weighted by molar-refractivity contribution is -0.121. The number of hydrogen-bond acceptors (Lipinski definition) is 4. The highest BCUT2D eigenvalue weighted by molar-refractivity contribution is 9.10. The van der Waals surface area contributed by atoms with Crippen LogP contribution in [0.3, 0.4) is 0 Å². The first-order valence-electron chi connectivity index (χ1n) is 7.25. The van der Waals surface area contributed by atoms with E-state index in [-0.39, 0.29) is 18.2 Å². The zero-order valence-corrected chi connectivity index (χ0v) is 16.2. The number of nitrogens with one attached hydrogen (secondary N) is 2. The van der Waals surface area contributed by atoms with Crippen molar-refractivity contribution in [2.24, 2.45) is 0 Å². The molecule has 2 amide bonds. The summed E-state index contributed by atoms with van der Waals surface area (Å²) in [6.45, 7) is 1.91. The second-order valence-electron chi connectivity index (χ2n) is 5.02. The van der Waals surface area contributed by atoms with Crippen molar-refractivity contribution in [2.45, 2.75) is 24.7 Å². The van der Waals surface area contributed by atoms with Crippen LogP contribution in [0.15, 0.2) is 45.8 Å². The summed E-state index contributed by atoms with van der Waals surface area (Å²) in [7, 11) is -1.13. The van der Waals surface area contributed by atoms with Crippen molar-refractivity contribution in [2.75, 3.05) is 5.75 Å². The first kappa shape index (κ1) is 18.8. The predicted molar refractivity (Wildman–Crippen MR) is 99.3 cm³/mol. The minimum atomic E-state index is -1.13. The van der Waals surface area contributed by atoms with Crippen LogP contribution in [0.5, 0.6) is 0 Å². The average Bonchev–Trinajstić information content (AvgIpc) is 2.99. The maximum Gasteiger partial charge on any atom is 0.279 e. The molecule has 0 aliphatic carbocycles. The molecule has 8 heteroatoms. The van der Waals surface area contributed by atoms with Crippen molar-refractivity contribution in [1.29, 1.82) is 0 Å². The van der Waals surface area contributed by atoms with Crippen LogP contribution in [0.4, 0.5) is 0 Å². The van der Waals surface area contributed by atoms with Gasteiger partial charge in [0, 0.05) is 26.4 Å². The molecule has 0 fully saturated rings. The van der Waals surface area contributed by atoms with E-state index in [2.05, 4.69) is 26.8 Å². The number of hydrogen-bond donors (Lipinski definition) is 2. The van der Waals surface area contributed by atoms with Gasteiger partial charge in [-0.1, -0.05) is 15.9 Å². The molecule has 0 saturated carbocycles. The zero-order chi connectivity index (χ0) is 17.5. The number of amides is 2. The highest BCUT2D eigenvalue weighted by Crippen LogP contribution is 2.15. The summed E-state index contributed by atoms with van der Waals surface area (Å²) in [6.07, 6.45) is 0.675. The number of rotatable bonds is 6. The Kier molecular flexibility index (Phi) is 7.14. The summed E-state index contributed by atoms with van der Waals surface area (Å²) in [6, 6.07) is 10.8. The van der Waals surface area contributed by atoms with Gasteiger partial charge in [0.15, 0.2) is 0 Å². The number of benzene rings is 1. The summed E-state index contributed by atoms with van der Waals surface area (Å²) < 4.78 is 13.0. The molecule has 5 nitrogen and oxygen atoms in total. The molecule has 2 aromatic rings. The Balaban J connectivity index is 1.68. The van der Waals surface area contributed by atoms with E-state index in [1.807, 2.05) is 25.1 Å². The van der Waals surface area contributed by atoms with Gasteiger partial charge < -0.3 is 0 Å². The molecule has 1 atom stereocenters. The van der Waals surface area contributed by atoms with E-state index in [1.165, 1.54) is 11.3 Å². The highest BCUT2D eigenvalue weighted by Gasteiger charge is 2.10. The van der Waals surface area contributed by atoms with Crippen LogP contribution in [-0.4, -0.2) is 21.8 Å². The maximum absolute atomic E-state index is 12.1. The van der Waals surface area contributed by atoms with E-state index in [0.717, 1.165) is 14.2 Å². The van der Waals surface area contributed by atoms with Crippen LogP contribution >= 0.6 is 27.3 Å². The molecule has 128 valence electrons.